The monoisotopic (exact) mass is 516 g/mol. The number of piperazine rings is 1. The molecule has 3 fully saturated rings. The van der Waals surface area contributed by atoms with Crippen LogP contribution in [0.25, 0.3) is 5.69 Å². The third-order valence-electron chi connectivity index (χ3n) is 7.77. The van der Waals surface area contributed by atoms with Crippen molar-refractivity contribution >= 4 is 15.7 Å². The van der Waals surface area contributed by atoms with Gasteiger partial charge < -0.3 is 14.4 Å². The van der Waals surface area contributed by atoms with Crippen molar-refractivity contribution in [3.05, 3.63) is 46.9 Å². The molecule has 2 saturated carbocycles. The largest absolute Gasteiger partial charge is 0.483 e. The van der Waals surface area contributed by atoms with Crippen LogP contribution in [0.5, 0.6) is 5.75 Å². The Labute approximate surface area is 213 Å². The second-order valence-electron chi connectivity index (χ2n) is 10.0. The van der Waals surface area contributed by atoms with E-state index in [0.29, 0.717) is 37.6 Å². The van der Waals surface area contributed by atoms with Crippen LogP contribution in [0.1, 0.15) is 51.4 Å². The first-order chi connectivity index (χ1) is 17.5. The van der Waals surface area contributed by atoms with Gasteiger partial charge in [0.2, 0.25) is 15.8 Å². The Kier molecular flexibility index (Phi) is 7.64. The van der Waals surface area contributed by atoms with Gasteiger partial charge in [0.15, 0.2) is 0 Å². The Morgan fingerprint density at radius 3 is 2.31 bits per heavy atom. The molecule has 5 rings (SSSR count). The van der Waals surface area contributed by atoms with Crippen molar-refractivity contribution < 1.29 is 17.9 Å². The second kappa shape index (κ2) is 10.9. The van der Waals surface area contributed by atoms with Crippen LogP contribution in [0.15, 0.2) is 41.3 Å². The number of benzene rings is 1. The summed E-state index contributed by atoms with van der Waals surface area (Å²) in [4.78, 5) is 15.7. The molecule has 10 heteroatoms. The third kappa shape index (κ3) is 5.17. The van der Waals surface area contributed by atoms with Gasteiger partial charge in [0.05, 0.1) is 23.2 Å². The van der Waals surface area contributed by atoms with Gasteiger partial charge in [-0.15, -0.1) is 0 Å². The first kappa shape index (κ1) is 25.2. The van der Waals surface area contributed by atoms with E-state index in [0.717, 1.165) is 51.4 Å². The molecular weight excluding hydrogens is 480 g/mol. The summed E-state index contributed by atoms with van der Waals surface area (Å²) < 4.78 is 41.1. The summed E-state index contributed by atoms with van der Waals surface area (Å²) in [7, 11) is -1.57. The molecule has 196 valence electrons. The van der Waals surface area contributed by atoms with Gasteiger partial charge in [-0.05, 0) is 44.2 Å². The van der Waals surface area contributed by atoms with Gasteiger partial charge in [-0.2, -0.15) is 14.1 Å². The molecule has 2 heterocycles. The lowest BCUT2D eigenvalue weighted by Crippen LogP contribution is -2.51. The number of hydrogen-bond donors (Lipinski definition) is 0. The maximum atomic E-state index is 13.7. The van der Waals surface area contributed by atoms with E-state index in [4.69, 9.17) is 9.47 Å². The highest BCUT2D eigenvalue weighted by molar-refractivity contribution is 7.89. The van der Waals surface area contributed by atoms with E-state index >= 15 is 0 Å². The van der Waals surface area contributed by atoms with Crippen molar-refractivity contribution in [2.45, 2.75) is 68.8 Å². The number of nitrogens with zero attached hydrogens (tertiary/aromatic N) is 4. The van der Waals surface area contributed by atoms with Crippen molar-refractivity contribution in [3.8, 4) is 11.4 Å². The highest BCUT2D eigenvalue weighted by Gasteiger charge is 2.36. The van der Waals surface area contributed by atoms with Gasteiger partial charge in [-0.1, -0.05) is 31.0 Å². The summed E-state index contributed by atoms with van der Waals surface area (Å²) in [6.07, 6.45) is 8.73. The normalized spacial score (nSPS) is 24.2. The molecule has 2 atom stereocenters. The molecule has 0 spiro atoms. The highest BCUT2D eigenvalue weighted by atomic mass is 32.2. The summed E-state index contributed by atoms with van der Waals surface area (Å²) in [5.41, 5.74) is 0.994. The molecule has 36 heavy (non-hydrogen) atoms. The number of rotatable bonds is 7. The van der Waals surface area contributed by atoms with Crippen molar-refractivity contribution in [2.75, 3.05) is 38.2 Å². The second-order valence-corrected chi connectivity index (χ2v) is 12.2. The predicted molar refractivity (Wildman–Crippen MR) is 138 cm³/mol. The zero-order chi connectivity index (χ0) is 25.1. The summed E-state index contributed by atoms with van der Waals surface area (Å²) in [5.74, 6) is 0.280. The van der Waals surface area contributed by atoms with Crippen LogP contribution in [-0.2, 0) is 14.8 Å². The molecule has 1 aromatic heterocycles. The van der Waals surface area contributed by atoms with E-state index in [-0.39, 0.29) is 28.8 Å². The molecular formula is C26H36N4O5S. The molecule has 1 saturated heterocycles. The predicted octanol–water partition coefficient (Wildman–Crippen LogP) is 2.96. The molecule has 2 unspecified atom stereocenters. The molecule has 0 N–H and O–H groups in total. The fraction of sp³-hybridized carbons (Fsp3) is 0.615. The Bertz CT molecular complexity index is 1190. The van der Waals surface area contributed by atoms with E-state index in [2.05, 4.69) is 5.10 Å². The van der Waals surface area contributed by atoms with Crippen molar-refractivity contribution in [2.24, 2.45) is 0 Å². The molecule has 3 aliphatic rings. The van der Waals surface area contributed by atoms with Crippen LogP contribution >= 0.6 is 0 Å². The minimum absolute atomic E-state index is 0.120. The molecule has 0 radical (unpaired) electrons. The van der Waals surface area contributed by atoms with Crippen LogP contribution in [-0.4, -0.2) is 73.3 Å². The summed E-state index contributed by atoms with van der Waals surface area (Å²) in [6, 6.07) is 9.31. The molecule has 0 amide bonds. The molecule has 9 nitrogen and oxygen atoms in total. The maximum Gasteiger partial charge on any atom is 0.316 e. The van der Waals surface area contributed by atoms with Crippen LogP contribution < -0.4 is 15.2 Å². The van der Waals surface area contributed by atoms with E-state index in [9.17, 15) is 13.2 Å². The van der Waals surface area contributed by atoms with E-state index in [1.165, 1.54) is 4.68 Å². The summed E-state index contributed by atoms with van der Waals surface area (Å²) in [6.45, 7) is 1.78. The number of methoxy groups -OCH3 is 1. The minimum Gasteiger partial charge on any atom is -0.483 e. The van der Waals surface area contributed by atoms with Gasteiger partial charge >= 0.3 is 5.56 Å². The van der Waals surface area contributed by atoms with Gasteiger partial charge in [0, 0.05) is 39.7 Å². The van der Waals surface area contributed by atoms with E-state index in [1.807, 2.05) is 35.2 Å². The number of para-hydroxylation sites is 1. The number of aromatic nitrogens is 2. The van der Waals surface area contributed by atoms with Crippen molar-refractivity contribution in [1.29, 1.82) is 0 Å². The molecule has 2 aliphatic carbocycles. The topological polar surface area (TPSA) is 94.0 Å². The van der Waals surface area contributed by atoms with Gasteiger partial charge in [-0.25, -0.2) is 8.42 Å². The smallest absolute Gasteiger partial charge is 0.316 e. The number of sulfonamides is 1. The first-order valence-corrected chi connectivity index (χ1v) is 14.6. The standard InChI is InChI=1S/C26H36N4O5S/c1-34-21-10-7-11-22(18-21)35-25-24(19-27-30(26(25)31)20-8-3-2-4-9-20)28-14-16-29(17-15-28)36(32,33)23-12-5-6-13-23/h2-4,8-9,19,21-23H,5-7,10-18H2,1H3. The van der Waals surface area contributed by atoms with Crippen LogP contribution in [0.4, 0.5) is 5.69 Å². The van der Waals surface area contributed by atoms with Crippen molar-refractivity contribution in [1.82, 2.24) is 14.1 Å². The number of anilines is 1. The fourth-order valence-corrected chi connectivity index (χ4v) is 7.71. The van der Waals surface area contributed by atoms with Crippen LogP contribution in [0, 0.1) is 0 Å². The molecule has 1 aromatic carbocycles. The fourth-order valence-electron chi connectivity index (χ4n) is 5.69. The minimum atomic E-state index is -3.28. The zero-order valence-corrected chi connectivity index (χ0v) is 21.7. The summed E-state index contributed by atoms with van der Waals surface area (Å²) in [5, 5.41) is 4.21. The van der Waals surface area contributed by atoms with Gasteiger partial charge in [0.25, 0.3) is 0 Å². The zero-order valence-electron chi connectivity index (χ0n) is 20.9. The number of ether oxygens (including phenoxy) is 2. The molecule has 2 aromatic rings. The Hall–Kier alpha value is -2.43. The van der Waals surface area contributed by atoms with E-state index in [1.54, 1.807) is 17.6 Å². The van der Waals surface area contributed by atoms with Crippen LogP contribution in [0.2, 0.25) is 0 Å². The average molecular weight is 517 g/mol. The lowest BCUT2D eigenvalue weighted by molar-refractivity contribution is 0.0204. The van der Waals surface area contributed by atoms with Crippen molar-refractivity contribution in [3.63, 3.8) is 0 Å². The Morgan fingerprint density at radius 1 is 0.917 bits per heavy atom. The molecule has 1 aliphatic heterocycles. The maximum absolute atomic E-state index is 13.7. The molecule has 0 bridgehead atoms. The Balaban J connectivity index is 1.41. The summed E-state index contributed by atoms with van der Waals surface area (Å²) >= 11 is 0. The number of hydrogen-bond acceptors (Lipinski definition) is 7. The van der Waals surface area contributed by atoms with Gasteiger partial charge in [0.1, 0.15) is 11.8 Å². The first-order valence-electron chi connectivity index (χ1n) is 13.1. The van der Waals surface area contributed by atoms with Gasteiger partial charge in [-0.3, -0.25) is 4.79 Å². The van der Waals surface area contributed by atoms with Crippen LogP contribution in [0.3, 0.4) is 0 Å². The van der Waals surface area contributed by atoms with E-state index < -0.39 is 10.0 Å². The lowest BCUT2D eigenvalue weighted by atomic mass is 9.95. The lowest BCUT2D eigenvalue weighted by Gasteiger charge is -2.37. The quantitative estimate of drug-likeness (QED) is 0.559. The highest BCUT2D eigenvalue weighted by Crippen LogP contribution is 2.32. The average Bonchev–Trinajstić information content (AvgIpc) is 3.47. The third-order valence-corrected chi connectivity index (χ3v) is 10.2. The SMILES string of the molecule is COC1CCCC(Oc2c(N3CCN(S(=O)(=O)C4CCCC4)CC3)cnn(-c3ccccc3)c2=O)C1. The Morgan fingerprint density at radius 2 is 1.61 bits per heavy atom.